The van der Waals surface area contributed by atoms with Crippen LogP contribution in [0.5, 0.6) is 5.75 Å². The van der Waals surface area contributed by atoms with Crippen LogP contribution in [0.3, 0.4) is 0 Å². The Bertz CT molecular complexity index is 487. The molecular weight excluding hydrogens is 256 g/mol. The van der Waals surface area contributed by atoms with Gasteiger partial charge in [0.1, 0.15) is 12.4 Å². The second kappa shape index (κ2) is 5.83. The summed E-state index contributed by atoms with van der Waals surface area (Å²) in [7, 11) is 0. The first kappa shape index (κ1) is 14.9. The third-order valence-corrected chi connectivity index (χ3v) is 4.09. The highest BCUT2D eigenvalue weighted by Crippen LogP contribution is 2.33. The Kier molecular flexibility index (Phi) is 4.33. The minimum atomic E-state index is -0.900. The van der Waals surface area contributed by atoms with Crippen molar-refractivity contribution in [2.45, 2.75) is 45.1 Å². The lowest BCUT2D eigenvalue weighted by Crippen LogP contribution is -2.41. The lowest BCUT2D eigenvalue weighted by atomic mass is 9.79. The minimum absolute atomic E-state index is 0.225. The van der Waals surface area contributed by atoms with Crippen molar-refractivity contribution >= 4 is 5.97 Å². The van der Waals surface area contributed by atoms with Gasteiger partial charge in [-0.1, -0.05) is 17.7 Å². The number of ether oxygens (including phenoxy) is 1. The van der Waals surface area contributed by atoms with Gasteiger partial charge < -0.3 is 14.9 Å². The highest BCUT2D eigenvalue weighted by atomic mass is 16.5. The molecule has 0 aromatic heterocycles. The largest absolute Gasteiger partial charge is 0.490 e. The van der Waals surface area contributed by atoms with Crippen LogP contribution in [0.1, 0.15) is 36.8 Å². The van der Waals surface area contributed by atoms with Gasteiger partial charge in [-0.15, -0.1) is 0 Å². The normalized spacial score (nSPS) is 26.2. The maximum absolute atomic E-state index is 10.9. The van der Waals surface area contributed by atoms with E-state index in [9.17, 15) is 9.90 Å². The fourth-order valence-corrected chi connectivity index (χ4v) is 2.72. The van der Waals surface area contributed by atoms with E-state index in [0.29, 0.717) is 25.7 Å². The minimum Gasteiger partial charge on any atom is -0.490 e. The molecule has 110 valence electrons. The van der Waals surface area contributed by atoms with E-state index in [1.165, 1.54) is 5.56 Å². The predicted molar refractivity (Wildman–Crippen MR) is 76.0 cm³/mol. The average molecular weight is 278 g/mol. The van der Waals surface area contributed by atoms with Gasteiger partial charge in [0.2, 0.25) is 0 Å². The van der Waals surface area contributed by atoms with Crippen LogP contribution >= 0.6 is 0 Å². The number of aryl methyl sites for hydroxylation is 2. The number of aliphatic carboxylic acids is 1. The number of hydrogen-bond acceptors (Lipinski definition) is 3. The van der Waals surface area contributed by atoms with Crippen LogP contribution in [0.4, 0.5) is 0 Å². The van der Waals surface area contributed by atoms with Gasteiger partial charge in [0, 0.05) is 0 Å². The molecule has 0 unspecified atom stereocenters. The zero-order valence-corrected chi connectivity index (χ0v) is 12.1. The van der Waals surface area contributed by atoms with Gasteiger partial charge >= 0.3 is 5.97 Å². The smallest absolute Gasteiger partial charge is 0.306 e. The number of carboxylic acids is 1. The quantitative estimate of drug-likeness (QED) is 0.888. The zero-order chi connectivity index (χ0) is 14.8. The number of hydrogen-bond donors (Lipinski definition) is 2. The molecule has 4 heteroatoms. The second-order valence-corrected chi connectivity index (χ2v) is 5.89. The molecule has 0 saturated heterocycles. The third-order valence-electron chi connectivity index (χ3n) is 4.09. The summed E-state index contributed by atoms with van der Waals surface area (Å²) < 4.78 is 5.73. The van der Waals surface area contributed by atoms with E-state index < -0.39 is 11.6 Å². The summed E-state index contributed by atoms with van der Waals surface area (Å²) >= 11 is 0. The summed E-state index contributed by atoms with van der Waals surface area (Å²) in [6.07, 6.45) is 1.99. The van der Waals surface area contributed by atoms with E-state index >= 15 is 0 Å². The topological polar surface area (TPSA) is 66.8 Å². The number of benzene rings is 1. The van der Waals surface area contributed by atoms with Crippen LogP contribution in [-0.2, 0) is 4.79 Å². The first-order chi connectivity index (χ1) is 9.39. The van der Waals surface area contributed by atoms with E-state index in [4.69, 9.17) is 9.84 Å². The van der Waals surface area contributed by atoms with Crippen LogP contribution in [0.2, 0.25) is 0 Å². The van der Waals surface area contributed by atoms with Crippen molar-refractivity contribution in [2.24, 2.45) is 5.92 Å². The van der Waals surface area contributed by atoms with Gasteiger partial charge in [0.05, 0.1) is 11.5 Å². The summed E-state index contributed by atoms with van der Waals surface area (Å²) in [6, 6.07) is 5.94. The molecule has 0 spiro atoms. The summed E-state index contributed by atoms with van der Waals surface area (Å²) in [5.41, 5.74) is 1.33. The van der Waals surface area contributed by atoms with Gasteiger partial charge in [0.25, 0.3) is 0 Å². The van der Waals surface area contributed by atoms with E-state index in [2.05, 4.69) is 0 Å². The molecule has 1 aromatic carbocycles. The fourth-order valence-electron chi connectivity index (χ4n) is 2.72. The molecule has 1 aliphatic carbocycles. The van der Waals surface area contributed by atoms with Gasteiger partial charge in [-0.25, -0.2) is 0 Å². The first-order valence-electron chi connectivity index (χ1n) is 7.05. The van der Waals surface area contributed by atoms with E-state index in [1.54, 1.807) is 0 Å². The Balaban J connectivity index is 1.92. The zero-order valence-electron chi connectivity index (χ0n) is 12.1. The van der Waals surface area contributed by atoms with Gasteiger partial charge in [-0.05, 0) is 51.2 Å². The Morgan fingerprint density at radius 2 is 2.00 bits per heavy atom. The number of carbonyl (C=O) groups is 1. The van der Waals surface area contributed by atoms with E-state index in [1.807, 2.05) is 32.0 Å². The molecule has 1 fully saturated rings. The summed E-state index contributed by atoms with van der Waals surface area (Å²) in [6.45, 7) is 4.23. The van der Waals surface area contributed by atoms with Crippen molar-refractivity contribution < 1.29 is 19.7 Å². The van der Waals surface area contributed by atoms with Gasteiger partial charge in [-0.3, -0.25) is 4.79 Å². The Morgan fingerprint density at radius 3 is 2.55 bits per heavy atom. The van der Waals surface area contributed by atoms with Gasteiger partial charge in [0.15, 0.2) is 0 Å². The monoisotopic (exact) mass is 278 g/mol. The Hall–Kier alpha value is -1.55. The van der Waals surface area contributed by atoms with Crippen LogP contribution < -0.4 is 4.74 Å². The second-order valence-electron chi connectivity index (χ2n) is 5.89. The third kappa shape index (κ3) is 3.51. The summed E-state index contributed by atoms with van der Waals surface area (Å²) in [5, 5.41) is 19.4. The predicted octanol–water partition coefficient (Wildman–Crippen LogP) is 2.69. The maximum Gasteiger partial charge on any atom is 0.306 e. The molecule has 0 bridgehead atoms. The van der Waals surface area contributed by atoms with Crippen molar-refractivity contribution in [3.05, 3.63) is 29.3 Å². The molecule has 0 heterocycles. The molecule has 2 N–H and O–H groups in total. The Morgan fingerprint density at radius 1 is 1.35 bits per heavy atom. The van der Waals surface area contributed by atoms with Gasteiger partial charge in [-0.2, -0.15) is 0 Å². The average Bonchev–Trinajstić information content (AvgIpc) is 2.38. The molecule has 20 heavy (non-hydrogen) atoms. The molecule has 0 radical (unpaired) electrons. The lowest BCUT2D eigenvalue weighted by molar-refractivity contribution is -0.145. The molecule has 1 aliphatic rings. The number of carboxylic acid groups (broad SMARTS) is 1. The van der Waals surface area contributed by atoms with Crippen molar-refractivity contribution in [1.29, 1.82) is 0 Å². The summed E-state index contributed by atoms with van der Waals surface area (Å²) in [4.78, 5) is 10.9. The Labute approximate surface area is 119 Å². The van der Waals surface area contributed by atoms with Crippen LogP contribution in [0.25, 0.3) is 0 Å². The standard InChI is InChI=1S/C16H22O4/c1-11-3-4-14(12(2)9-11)20-10-16(19)7-5-13(6-8-16)15(17)18/h3-4,9,13,19H,5-8,10H2,1-2H3,(H,17,18). The molecule has 1 saturated carbocycles. The molecule has 0 aliphatic heterocycles. The van der Waals surface area contributed by atoms with Crippen LogP contribution in [0, 0.1) is 19.8 Å². The van der Waals surface area contributed by atoms with Crippen LogP contribution in [0.15, 0.2) is 18.2 Å². The molecule has 0 amide bonds. The SMILES string of the molecule is Cc1ccc(OCC2(O)CCC(C(=O)O)CC2)c(C)c1. The van der Waals surface area contributed by atoms with Crippen molar-refractivity contribution in [1.82, 2.24) is 0 Å². The number of rotatable bonds is 4. The highest BCUT2D eigenvalue weighted by molar-refractivity contribution is 5.70. The van der Waals surface area contributed by atoms with E-state index in [0.717, 1.165) is 11.3 Å². The maximum atomic E-state index is 10.9. The van der Waals surface area contributed by atoms with Crippen LogP contribution in [-0.4, -0.2) is 28.4 Å². The fraction of sp³-hybridized carbons (Fsp3) is 0.562. The van der Waals surface area contributed by atoms with Crippen molar-refractivity contribution in [3.8, 4) is 5.75 Å². The molecule has 2 rings (SSSR count). The highest BCUT2D eigenvalue weighted by Gasteiger charge is 2.36. The molecule has 4 nitrogen and oxygen atoms in total. The van der Waals surface area contributed by atoms with E-state index in [-0.39, 0.29) is 12.5 Å². The molecule has 0 atom stereocenters. The summed E-state index contributed by atoms with van der Waals surface area (Å²) in [5.74, 6) is -0.303. The first-order valence-corrected chi connectivity index (χ1v) is 7.05. The van der Waals surface area contributed by atoms with Crippen molar-refractivity contribution in [3.63, 3.8) is 0 Å². The number of aliphatic hydroxyl groups is 1. The molecular formula is C16H22O4. The lowest BCUT2D eigenvalue weighted by Gasteiger charge is -2.34. The molecule has 1 aromatic rings. The van der Waals surface area contributed by atoms with Crippen molar-refractivity contribution in [2.75, 3.05) is 6.61 Å².